The van der Waals surface area contributed by atoms with E-state index < -0.39 is 0 Å². The van der Waals surface area contributed by atoms with Crippen LogP contribution in [0.15, 0.2) is 61.2 Å². The quantitative estimate of drug-likeness (QED) is 0.608. The monoisotopic (exact) mass is 304 g/mol. The summed E-state index contributed by atoms with van der Waals surface area (Å²) in [6, 6.07) is 13.0. The van der Waals surface area contributed by atoms with Crippen LogP contribution >= 0.6 is 0 Å². The van der Waals surface area contributed by atoms with Gasteiger partial charge in [0, 0.05) is 23.6 Å². The Morgan fingerprint density at radius 3 is 2.74 bits per heavy atom. The zero-order valence-corrected chi connectivity index (χ0v) is 12.0. The number of pyridine rings is 1. The predicted molar refractivity (Wildman–Crippen MR) is 85.0 cm³/mol. The molecule has 2 N–H and O–H groups in total. The number of nitrogens with one attached hydrogen (secondary N) is 2. The number of hydrogen-bond donors (Lipinski definition) is 2. The lowest BCUT2D eigenvalue weighted by Crippen LogP contribution is -2.11. The van der Waals surface area contributed by atoms with Gasteiger partial charge < -0.3 is 9.72 Å². The summed E-state index contributed by atoms with van der Waals surface area (Å²) in [6.45, 7) is 0. The lowest BCUT2D eigenvalue weighted by Gasteiger charge is -2.01. The van der Waals surface area contributed by atoms with Crippen molar-refractivity contribution in [2.24, 2.45) is 0 Å². The fraction of sp³-hybridized carbons (Fsp3) is 0. The van der Waals surface area contributed by atoms with Gasteiger partial charge in [0.15, 0.2) is 5.82 Å². The van der Waals surface area contributed by atoms with E-state index in [0.717, 1.165) is 11.3 Å². The molecule has 0 fully saturated rings. The summed E-state index contributed by atoms with van der Waals surface area (Å²) in [4.78, 5) is 20.7. The third-order valence-electron chi connectivity index (χ3n) is 3.40. The molecule has 4 aromatic rings. The van der Waals surface area contributed by atoms with Gasteiger partial charge in [0.25, 0.3) is 5.91 Å². The molecule has 0 saturated carbocycles. The van der Waals surface area contributed by atoms with E-state index in [9.17, 15) is 4.79 Å². The summed E-state index contributed by atoms with van der Waals surface area (Å²) in [6.07, 6.45) is 4.99. The molecule has 7 nitrogen and oxygen atoms in total. The van der Waals surface area contributed by atoms with Crippen LogP contribution in [0.2, 0.25) is 0 Å². The summed E-state index contributed by atoms with van der Waals surface area (Å²) in [5, 5.41) is 9.46. The molecule has 0 atom stereocenters. The SMILES string of the molecule is O=C(Nc1ccccc1)c1cn2cc(-c3ncn[nH]3)ccc2n1. The number of aromatic amines is 1. The average Bonchev–Trinajstić information content (AvgIpc) is 3.24. The van der Waals surface area contributed by atoms with Gasteiger partial charge in [-0.2, -0.15) is 5.10 Å². The summed E-state index contributed by atoms with van der Waals surface area (Å²) in [7, 11) is 0. The minimum atomic E-state index is -0.249. The molecule has 3 aromatic heterocycles. The van der Waals surface area contributed by atoms with E-state index in [1.165, 1.54) is 6.33 Å². The van der Waals surface area contributed by atoms with Gasteiger partial charge in [-0.1, -0.05) is 18.2 Å². The van der Waals surface area contributed by atoms with Crippen LogP contribution in [0.1, 0.15) is 10.5 Å². The van der Waals surface area contributed by atoms with E-state index >= 15 is 0 Å². The molecule has 7 heteroatoms. The fourth-order valence-electron chi connectivity index (χ4n) is 2.30. The first-order chi connectivity index (χ1) is 11.3. The maximum Gasteiger partial charge on any atom is 0.275 e. The molecule has 3 heterocycles. The highest BCUT2D eigenvalue weighted by Crippen LogP contribution is 2.16. The molecule has 112 valence electrons. The summed E-state index contributed by atoms with van der Waals surface area (Å²) >= 11 is 0. The predicted octanol–water partition coefficient (Wildman–Crippen LogP) is 2.37. The van der Waals surface area contributed by atoms with Crippen molar-refractivity contribution in [2.75, 3.05) is 5.32 Å². The topological polar surface area (TPSA) is 88.0 Å². The minimum absolute atomic E-state index is 0.249. The molecular formula is C16H12N6O. The molecule has 0 aliphatic rings. The molecule has 4 rings (SSSR count). The maximum absolute atomic E-state index is 12.3. The van der Waals surface area contributed by atoms with E-state index in [2.05, 4.69) is 25.5 Å². The number of anilines is 1. The molecule has 0 saturated heterocycles. The standard InChI is InChI=1S/C16H12N6O/c23-16(19-12-4-2-1-3-5-12)13-9-22-8-11(6-7-14(22)20-13)15-17-10-18-21-15/h1-10H,(H,19,23)(H,17,18,21). The van der Waals surface area contributed by atoms with Crippen LogP contribution in [0.25, 0.3) is 17.0 Å². The number of amides is 1. The number of hydrogen-bond acceptors (Lipinski definition) is 4. The summed E-state index contributed by atoms with van der Waals surface area (Å²) in [5.41, 5.74) is 2.63. The average molecular weight is 304 g/mol. The molecule has 0 unspecified atom stereocenters. The van der Waals surface area contributed by atoms with Gasteiger partial charge in [0.2, 0.25) is 0 Å². The Bertz CT molecular complexity index is 959. The Hall–Kier alpha value is -3.48. The molecule has 0 spiro atoms. The zero-order chi connectivity index (χ0) is 15.6. The molecular weight excluding hydrogens is 292 g/mol. The Labute approximate surface area is 131 Å². The van der Waals surface area contributed by atoms with Crippen molar-refractivity contribution in [3.8, 4) is 11.4 Å². The van der Waals surface area contributed by atoms with Gasteiger partial charge in [-0.3, -0.25) is 9.89 Å². The summed E-state index contributed by atoms with van der Waals surface area (Å²) < 4.78 is 1.79. The molecule has 0 aliphatic heterocycles. The van der Waals surface area contributed by atoms with Gasteiger partial charge >= 0.3 is 0 Å². The van der Waals surface area contributed by atoms with E-state index in [1.807, 2.05) is 48.7 Å². The first-order valence-corrected chi connectivity index (χ1v) is 7.00. The van der Waals surface area contributed by atoms with Crippen molar-refractivity contribution in [1.82, 2.24) is 24.6 Å². The third-order valence-corrected chi connectivity index (χ3v) is 3.40. The number of para-hydroxylation sites is 1. The number of carbonyl (C=O) groups excluding carboxylic acids is 1. The molecule has 23 heavy (non-hydrogen) atoms. The highest BCUT2D eigenvalue weighted by molar-refractivity contribution is 6.03. The van der Waals surface area contributed by atoms with Crippen molar-refractivity contribution in [3.63, 3.8) is 0 Å². The summed E-state index contributed by atoms with van der Waals surface area (Å²) in [5.74, 6) is 0.414. The zero-order valence-electron chi connectivity index (χ0n) is 12.0. The Kier molecular flexibility index (Phi) is 3.09. The number of benzene rings is 1. The minimum Gasteiger partial charge on any atom is -0.321 e. The second-order valence-electron chi connectivity index (χ2n) is 4.96. The number of nitrogens with zero attached hydrogens (tertiary/aromatic N) is 4. The second-order valence-corrected chi connectivity index (χ2v) is 4.96. The first-order valence-electron chi connectivity index (χ1n) is 7.00. The third kappa shape index (κ3) is 2.55. The lowest BCUT2D eigenvalue weighted by molar-refractivity contribution is 0.102. The van der Waals surface area contributed by atoms with Crippen LogP contribution in [0.3, 0.4) is 0 Å². The van der Waals surface area contributed by atoms with Crippen molar-refractivity contribution in [3.05, 3.63) is 66.9 Å². The normalized spacial score (nSPS) is 10.8. The molecule has 1 aromatic carbocycles. The number of H-pyrrole nitrogens is 1. The van der Waals surface area contributed by atoms with Crippen molar-refractivity contribution < 1.29 is 4.79 Å². The first kappa shape index (κ1) is 13.2. The van der Waals surface area contributed by atoms with Gasteiger partial charge in [0.1, 0.15) is 17.7 Å². The molecule has 0 radical (unpaired) electrons. The maximum atomic E-state index is 12.3. The van der Waals surface area contributed by atoms with Crippen LogP contribution in [-0.2, 0) is 0 Å². The largest absolute Gasteiger partial charge is 0.321 e. The van der Waals surface area contributed by atoms with Gasteiger partial charge in [-0.05, 0) is 24.3 Å². The Morgan fingerprint density at radius 2 is 1.96 bits per heavy atom. The number of fused-ring (bicyclic) bond motifs is 1. The fourth-order valence-corrected chi connectivity index (χ4v) is 2.30. The van der Waals surface area contributed by atoms with Crippen molar-refractivity contribution >= 4 is 17.2 Å². The number of imidazole rings is 1. The smallest absolute Gasteiger partial charge is 0.275 e. The van der Waals surface area contributed by atoms with Crippen LogP contribution < -0.4 is 5.32 Å². The Balaban J connectivity index is 1.65. The number of aromatic nitrogens is 5. The van der Waals surface area contributed by atoms with Crippen LogP contribution in [0, 0.1) is 0 Å². The molecule has 0 bridgehead atoms. The van der Waals surface area contributed by atoms with E-state index in [1.54, 1.807) is 10.6 Å². The van der Waals surface area contributed by atoms with Crippen LogP contribution in [-0.4, -0.2) is 30.5 Å². The lowest BCUT2D eigenvalue weighted by atomic mass is 10.3. The van der Waals surface area contributed by atoms with E-state index in [-0.39, 0.29) is 5.91 Å². The van der Waals surface area contributed by atoms with E-state index in [0.29, 0.717) is 17.2 Å². The van der Waals surface area contributed by atoms with Crippen molar-refractivity contribution in [2.45, 2.75) is 0 Å². The highest BCUT2D eigenvalue weighted by atomic mass is 16.1. The van der Waals surface area contributed by atoms with Gasteiger partial charge in [-0.15, -0.1) is 0 Å². The second kappa shape index (κ2) is 5.38. The highest BCUT2D eigenvalue weighted by Gasteiger charge is 2.12. The molecule has 0 aliphatic carbocycles. The Morgan fingerprint density at radius 1 is 1.09 bits per heavy atom. The van der Waals surface area contributed by atoms with Crippen LogP contribution in [0.5, 0.6) is 0 Å². The van der Waals surface area contributed by atoms with Crippen LogP contribution in [0.4, 0.5) is 5.69 Å². The number of rotatable bonds is 3. The van der Waals surface area contributed by atoms with E-state index in [4.69, 9.17) is 0 Å². The van der Waals surface area contributed by atoms with Crippen molar-refractivity contribution in [1.29, 1.82) is 0 Å². The molecule has 1 amide bonds. The number of carbonyl (C=O) groups is 1. The van der Waals surface area contributed by atoms with Gasteiger partial charge in [-0.25, -0.2) is 9.97 Å². The van der Waals surface area contributed by atoms with Gasteiger partial charge in [0.05, 0.1) is 0 Å².